The van der Waals surface area contributed by atoms with E-state index in [2.05, 4.69) is 23.5 Å². The second-order valence-corrected chi connectivity index (χ2v) is 13.8. The first-order valence-electron chi connectivity index (χ1n) is 14.3. The molecule has 3 N–H and O–H groups in total. The quantitative estimate of drug-likeness (QED) is 0.294. The van der Waals surface area contributed by atoms with Crippen molar-refractivity contribution in [2.75, 3.05) is 18.0 Å². The molecule has 3 amide bonds. The SMILES string of the molecule is CC1(N=C/C(=C\N)Cc2ccc3c4c(cccc24)C(=O)N3C2CCC(=O)NC2=O)CCN(SC2(C)CCC2)CC1. The number of carbonyl (C=O) groups excluding carboxylic acids is 3. The van der Waals surface area contributed by atoms with E-state index in [1.165, 1.54) is 19.3 Å². The smallest absolute Gasteiger partial charge is 0.259 e. The largest absolute Gasteiger partial charge is 0.404 e. The van der Waals surface area contributed by atoms with Gasteiger partial charge in [0.2, 0.25) is 11.8 Å². The molecule has 2 aromatic carbocycles. The second kappa shape index (κ2) is 10.3. The van der Waals surface area contributed by atoms with Gasteiger partial charge in [-0.3, -0.25) is 29.6 Å². The zero-order chi connectivity index (χ0) is 28.1. The van der Waals surface area contributed by atoms with Crippen LogP contribution in [0.3, 0.4) is 0 Å². The van der Waals surface area contributed by atoms with E-state index in [0.29, 0.717) is 28.8 Å². The summed E-state index contributed by atoms with van der Waals surface area (Å²) in [5.74, 6) is -0.920. The standard InChI is InChI=1S/C31H37N5O3S/c1-30(13-15-35(16-14-30)40-31(2)11-4-12-31)33-19-20(18-32)17-21-7-8-24-27-22(21)5-3-6-23(27)29(39)36(24)25-9-10-26(37)34-28(25)38/h3,5-8,18-19,25H,4,9-17,32H2,1-2H3,(H,34,37,38)/b20-18-,33-19?. The van der Waals surface area contributed by atoms with Gasteiger partial charge in [0.05, 0.1) is 11.2 Å². The molecule has 8 nitrogen and oxygen atoms in total. The van der Waals surface area contributed by atoms with Crippen molar-refractivity contribution in [1.29, 1.82) is 0 Å². The van der Waals surface area contributed by atoms with Gasteiger partial charge in [-0.15, -0.1) is 0 Å². The number of piperidine rings is 2. The van der Waals surface area contributed by atoms with Crippen molar-refractivity contribution in [3.8, 4) is 0 Å². The number of rotatable bonds is 7. The van der Waals surface area contributed by atoms with E-state index in [-0.39, 0.29) is 23.8 Å². The number of benzene rings is 2. The Balaban J connectivity index is 1.18. The molecule has 1 aliphatic carbocycles. The van der Waals surface area contributed by atoms with Crippen molar-refractivity contribution in [3.05, 3.63) is 53.2 Å². The van der Waals surface area contributed by atoms with Crippen LogP contribution in [-0.2, 0) is 16.0 Å². The lowest BCUT2D eigenvalue weighted by molar-refractivity contribution is -0.134. The van der Waals surface area contributed by atoms with Crippen molar-refractivity contribution in [2.45, 2.75) is 81.5 Å². The molecule has 9 heteroatoms. The Labute approximate surface area is 239 Å². The highest BCUT2D eigenvalue weighted by atomic mass is 32.2. The average Bonchev–Trinajstić information content (AvgIpc) is 3.21. The number of nitrogens with one attached hydrogen (secondary N) is 1. The molecule has 0 bridgehead atoms. The molecule has 1 unspecified atom stereocenters. The lowest BCUT2D eigenvalue weighted by Crippen LogP contribution is -2.53. The molecule has 3 heterocycles. The zero-order valence-electron chi connectivity index (χ0n) is 23.2. The maximum atomic E-state index is 13.4. The highest BCUT2D eigenvalue weighted by molar-refractivity contribution is 7.98. The van der Waals surface area contributed by atoms with E-state index >= 15 is 0 Å². The molecule has 2 saturated heterocycles. The normalized spacial score (nSPS) is 24.6. The van der Waals surface area contributed by atoms with Crippen LogP contribution < -0.4 is 16.0 Å². The number of anilines is 1. The maximum absolute atomic E-state index is 13.4. The number of hydrogen-bond acceptors (Lipinski definition) is 7. The van der Waals surface area contributed by atoms with Gasteiger partial charge >= 0.3 is 0 Å². The van der Waals surface area contributed by atoms with Crippen molar-refractivity contribution in [1.82, 2.24) is 9.62 Å². The van der Waals surface area contributed by atoms with Gasteiger partial charge in [0, 0.05) is 47.8 Å². The van der Waals surface area contributed by atoms with Crippen molar-refractivity contribution >= 4 is 52.3 Å². The third-order valence-corrected chi connectivity index (χ3v) is 10.5. The minimum absolute atomic E-state index is 0.108. The van der Waals surface area contributed by atoms with Gasteiger partial charge in [-0.05, 0) is 80.8 Å². The van der Waals surface area contributed by atoms with Gasteiger partial charge in [0.25, 0.3) is 5.91 Å². The molecular formula is C31H37N5O3S. The predicted molar refractivity (Wildman–Crippen MR) is 160 cm³/mol. The molecule has 1 atom stereocenters. The number of amides is 3. The van der Waals surface area contributed by atoms with Gasteiger partial charge in [0.15, 0.2) is 0 Å². The number of nitrogens with zero attached hydrogens (tertiary/aromatic N) is 3. The summed E-state index contributed by atoms with van der Waals surface area (Å²) in [6, 6.07) is 8.93. The number of hydrogen-bond donors (Lipinski definition) is 2. The van der Waals surface area contributed by atoms with Crippen LogP contribution in [-0.4, -0.2) is 57.7 Å². The van der Waals surface area contributed by atoms with Crippen molar-refractivity contribution in [2.24, 2.45) is 10.7 Å². The Hall–Kier alpha value is -3.17. The molecule has 40 heavy (non-hydrogen) atoms. The molecule has 1 saturated carbocycles. The Morgan fingerprint density at radius 3 is 2.58 bits per heavy atom. The first kappa shape index (κ1) is 27.0. The molecule has 210 valence electrons. The molecule has 0 radical (unpaired) electrons. The molecular weight excluding hydrogens is 522 g/mol. The van der Waals surface area contributed by atoms with E-state index in [0.717, 1.165) is 47.8 Å². The Morgan fingerprint density at radius 1 is 1.12 bits per heavy atom. The monoisotopic (exact) mass is 559 g/mol. The van der Waals surface area contributed by atoms with E-state index < -0.39 is 11.9 Å². The fraction of sp³-hybridized carbons (Fsp3) is 0.484. The fourth-order valence-electron chi connectivity index (χ4n) is 6.33. The Kier molecular flexibility index (Phi) is 6.99. The zero-order valence-corrected chi connectivity index (χ0v) is 24.1. The molecule has 3 fully saturated rings. The minimum atomic E-state index is -0.694. The third-order valence-electron chi connectivity index (χ3n) is 9.05. The number of nitrogens with two attached hydrogens (primary N) is 1. The van der Waals surface area contributed by atoms with Crippen LogP contribution in [0.25, 0.3) is 10.8 Å². The molecule has 4 aliphatic rings. The summed E-state index contributed by atoms with van der Waals surface area (Å²) in [4.78, 5) is 44.3. The van der Waals surface area contributed by atoms with Gasteiger partial charge in [-0.1, -0.05) is 36.6 Å². The summed E-state index contributed by atoms with van der Waals surface area (Å²) in [5.41, 5.74) is 9.24. The molecule has 3 aliphatic heterocycles. The molecule has 0 aromatic heterocycles. The number of imide groups is 1. The number of carbonyl (C=O) groups is 3. The summed E-state index contributed by atoms with van der Waals surface area (Å²) in [7, 11) is 0. The first-order chi connectivity index (χ1) is 19.2. The highest BCUT2D eigenvalue weighted by Gasteiger charge is 2.41. The maximum Gasteiger partial charge on any atom is 0.259 e. The highest BCUT2D eigenvalue weighted by Crippen LogP contribution is 2.46. The third kappa shape index (κ3) is 4.94. The predicted octanol–water partition coefficient (Wildman–Crippen LogP) is 4.51. The van der Waals surface area contributed by atoms with E-state index in [9.17, 15) is 14.4 Å². The summed E-state index contributed by atoms with van der Waals surface area (Å²) in [6.45, 7) is 6.71. The van der Waals surface area contributed by atoms with Crippen LogP contribution in [0.5, 0.6) is 0 Å². The summed E-state index contributed by atoms with van der Waals surface area (Å²) < 4.78 is 2.96. The second-order valence-electron chi connectivity index (χ2n) is 12.1. The minimum Gasteiger partial charge on any atom is -0.404 e. The van der Waals surface area contributed by atoms with Crippen LogP contribution >= 0.6 is 11.9 Å². The van der Waals surface area contributed by atoms with Gasteiger partial charge in [-0.25, -0.2) is 4.31 Å². The Bertz CT molecular complexity index is 1440. The fourth-order valence-corrected chi connectivity index (χ4v) is 7.79. The molecule has 0 spiro atoms. The lowest BCUT2D eigenvalue weighted by Gasteiger charge is -2.44. The Morgan fingerprint density at radius 2 is 1.90 bits per heavy atom. The van der Waals surface area contributed by atoms with Crippen LogP contribution in [0.4, 0.5) is 5.69 Å². The van der Waals surface area contributed by atoms with Gasteiger partial charge in [-0.2, -0.15) is 0 Å². The molecule has 6 rings (SSSR count). The van der Waals surface area contributed by atoms with E-state index in [4.69, 9.17) is 10.7 Å². The van der Waals surface area contributed by atoms with Crippen LogP contribution in [0.15, 0.2) is 47.1 Å². The lowest BCUT2D eigenvalue weighted by atomic mass is 9.86. The van der Waals surface area contributed by atoms with Crippen LogP contribution in [0, 0.1) is 0 Å². The van der Waals surface area contributed by atoms with Gasteiger partial charge < -0.3 is 5.73 Å². The van der Waals surface area contributed by atoms with Crippen LogP contribution in [0.1, 0.15) is 74.7 Å². The van der Waals surface area contributed by atoms with Gasteiger partial charge in [0.1, 0.15) is 6.04 Å². The van der Waals surface area contributed by atoms with Crippen molar-refractivity contribution in [3.63, 3.8) is 0 Å². The van der Waals surface area contributed by atoms with E-state index in [1.807, 2.05) is 48.5 Å². The number of aliphatic imine (C=N–C) groups is 1. The topological polar surface area (TPSA) is 108 Å². The number of allylic oxidation sites excluding steroid dienone is 1. The van der Waals surface area contributed by atoms with Crippen LogP contribution in [0.2, 0.25) is 0 Å². The summed E-state index contributed by atoms with van der Waals surface area (Å²) >= 11 is 2.04. The summed E-state index contributed by atoms with van der Waals surface area (Å²) in [5, 5.41) is 4.19. The van der Waals surface area contributed by atoms with E-state index in [1.54, 1.807) is 11.1 Å². The average molecular weight is 560 g/mol. The summed E-state index contributed by atoms with van der Waals surface area (Å²) in [6.07, 6.45) is 10.7. The van der Waals surface area contributed by atoms with Crippen molar-refractivity contribution < 1.29 is 14.4 Å². The first-order valence-corrected chi connectivity index (χ1v) is 15.1. The molecule has 2 aromatic rings.